The van der Waals surface area contributed by atoms with E-state index in [4.69, 9.17) is 13.6 Å². The Labute approximate surface area is 176 Å². The monoisotopic (exact) mass is 403 g/mol. The zero-order chi connectivity index (χ0) is 20.6. The SMILES string of the molecule is OC(COc1ccc(-c2ccccc2)cc1)CN(Cc1ccco1)Cc1ccco1. The first-order valence-corrected chi connectivity index (χ1v) is 10.00. The molecule has 0 bridgehead atoms. The Hall–Kier alpha value is -3.28. The molecule has 1 unspecified atom stereocenters. The summed E-state index contributed by atoms with van der Waals surface area (Å²) in [5.74, 6) is 2.41. The van der Waals surface area contributed by atoms with Crippen molar-refractivity contribution in [2.45, 2.75) is 19.2 Å². The van der Waals surface area contributed by atoms with E-state index >= 15 is 0 Å². The highest BCUT2D eigenvalue weighted by molar-refractivity contribution is 5.63. The second kappa shape index (κ2) is 9.96. The molecule has 4 rings (SSSR count). The summed E-state index contributed by atoms with van der Waals surface area (Å²) in [6.45, 7) is 1.80. The topological polar surface area (TPSA) is 59.0 Å². The van der Waals surface area contributed by atoms with Crippen molar-refractivity contribution in [2.24, 2.45) is 0 Å². The number of furan rings is 2. The summed E-state index contributed by atoms with van der Waals surface area (Å²) in [6, 6.07) is 25.7. The molecule has 1 atom stereocenters. The maximum absolute atomic E-state index is 10.5. The molecule has 0 radical (unpaired) electrons. The van der Waals surface area contributed by atoms with Crippen LogP contribution in [0.15, 0.2) is 100 Å². The molecule has 0 spiro atoms. The van der Waals surface area contributed by atoms with Crippen LogP contribution in [0.2, 0.25) is 0 Å². The lowest BCUT2D eigenvalue weighted by Crippen LogP contribution is -2.34. The third-order valence-electron chi connectivity index (χ3n) is 4.79. The third kappa shape index (κ3) is 5.63. The minimum absolute atomic E-state index is 0.206. The normalized spacial score (nSPS) is 12.2. The standard InChI is InChI=1S/C25H25NO4/c27-22(16-26(17-24-8-4-14-28-24)18-25-9-5-15-29-25)19-30-23-12-10-21(11-13-23)20-6-2-1-3-7-20/h1-15,22,27H,16-19H2. The first kappa shape index (κ1) is 20.0. The molecule has 5 heteroatoms. The van der Waals surface area contributed by atoms with Gasteiger partial charge in [-0.2, -0.15) is 0 Å². The fraction of sp³-hybridized carbons (Fsp3) is 0.200. The van der Waals surface area contributed by atoms with Gasteiger partial charge in [0.1, 0.15) is 30.0 Å². The smallest absolute Gasteiger partial charge is 0.119 e. The molecule has 30 heavy (non-hydrogen) atoms. The van der Waals surface area contributed by atoms with Gasteiger partial charge in [-0.3, -0.25) is 4.90 Å². The van der Waals surface area contributed by atoms with Crippen molar-refractivity contribution in [3.63, 3.8) is 0 Å². The third-order valence-corrected chi connectivity index (χ3v) is 4.79. The largest absolute Gasteiger partial charge is 0.491 e. The Morgan fingerprint density at radius 2 is 1.33 bits per heavy atom. The van der Waals surface area contributed by atoms with E-state index in [-0.39, 0.29) is 6.61 Å². The van der Waals surface area contributed by atoms with Crippen LogP contribution >= 0.6 is 0 Å². The zero-order valence-corrected chi connectivity index (χ0v) is 16.7. The van der Waals surface area contributed by atoms with Crippen molar-refractivity contribution in [3.05, 3.63) is 103 Å². The van der Waals surface area contributed by atoms with E-state index in [0.29, 0.717) is 19.6 Å². The van der Waals surface area contributed by atoms with Crippen molar-refractivity contribution < 1.29 is 18.7 Å². The van der Waals surface area contributed by atoms with Gasteiger partial charge in [-0.05, 0) is 47.5 Å². The van der Waals surface area contributed by atoms with Crippen molar-refractivity contribution in [1.82, 2.24) is 4.90 Å². The van der Waals surface area contributed by atoms with Gasteiger partial charge < -0.3 is 18.7 Å². The number of rotatable bonds is 10. The van der Waals surface area contributed by atoms with Crippen LogP contribution in [0.5, 0.6) is 5.75 Å². The average Bonchev–Trinajstić information content (AvgIpc) is 3.48. The van der Waals surface area contributed by atoms with Gasteiger partial charge in [0.05, 0.1) is 25.6 Å². The first-order valence-electron chi connectivity index (χ1n) is 10.00. The number of hydrogen-bond acceptors (Lipinski definition) is 5. The highest BCUT2D eigenvalue weighted by Crippen LogP contribution is 2.22. The molecule has 0 amide bonds. The molecule has 2 aromatic carbocycles. The van der Waals surface area contributed by atoms with E-state index in [1.54, 1.807) is 12.5 Å². The molecule has 2 heterocycles. The number of ether oxygens (including phenoxy) is 1. The molecule has 5 nitrogen and oxygen atoms in total. The van der Waals surface area contributed by atoms with Crippen LogP contribution in [0.3, 0.4) is 0 Å². The molecular formula is C25H25NO4. The summed E-state index contributed by atoms with van der Waals surface area (Å²) >= 11 is 0. The summed E-state index contributed by atoms with van der Waals surface area (Å²) in [4.78, 5) is 2.07. The van der Waals surface area contributed by atoms with Gasteiger partial charge in [0.25, 0.3) is 0 Å². The predicted octanol–water partition coefficient (Wildman–Crippen LogP) is 4.98. The minimum Gasteiger partial charge on any atom is -0.491 e. The van der Waals surface area contributed by atoms with E-state index in [2.05, 4.69) is 17.0 Å². The lowest BCUT2D eigenvalue weighted by molar-refractivity contribution is 0.0580. The summed E-state index contributed by atoms with van der Waals surface area (Å²) < 4.78 is 16.7. The Morgan fingerprint density at radius 3 is 1.90 bits per heavy atom. The van der Waals surface area contributed by atoms with Crippen LogP contribution in [0, 0.1) is 0 Å². The van der Waals surface area contributed by atoms with Gasteiger partial charge in [-0.25, -0.2) is 0 Å². The Kier molecular flexibility index (Phi) is 6.65. The summed E-state index contributed by atoms with van der Waals surface area (Å²) in [5, 5.41) is 10.5. The lowest BCUT2D eigenvalue weighted by Gasteiger charge is -2.23. The fourth-order valence-electron chi connectivity index (χ4n) is 3.35. The maximum Gasteiger partial charge on any atom is 0.119 e. The van der Waals surface area contributed by atoms with E-state index in [1.165, 1.54) is 0 Å². The molecule has 0 fully saturated rings. The van der Waals surface area contributed by atoms with Crippen LogP contribution in [0.4, 0.5) is 0 Å². The van der Waals surface area contributed by atoms with Crippen LogP contribution in [0.1, 0.15) is 11.5 Å². The molecule has 0 saturated carbocycles. The summed E-state index contributed by atoms with van der Waals surface area (Å²) in [6.07, 6.45) is 2.65. The number of aliphatic hydroxyl groups is 1. The van der Waals surface area contributed by atoms with E-state index in [9.17, 15) is 5.11 Å². The molecule has 0 aliphatic rings. The molecule has 0 aliphatic heterocycles. The minimum atomic E-state index is -0.649. The highest BCUT2D eigenvalue weighted by atomic mass is 16.5. The average molecular weight is 403 g/mol. The number of benzene rings is 2. The van der Waals surface area contributed by atoms with Crippen molar-refractivity contribution >= 4 is 0 Å². The molecule has 0 aliphatic carbocycles. The van der Waals surface area contributed by atoms with Gasteiger partial charge in [0, 0.05) is 6.54 Å². The lowest BCUT2D eigenvalue weighted by atomic mass is 10.1. The molecular weight excluding hydrogens is 378 g/mol. The second-order valence-corrected chi connectivity index (χ2v) is 7.18. The molecule has 0 saturated heterocycles. The van der Waals surface area contributed by atoms with Gasteiger partial charge in [0.2, 0.25) is 0 Å². The van der Waals surface area contributed by atoms with Crippen LogP contribution in [0.25, 0.3) is 11.1 Å². The highest BCUT2D eigenvalue weighted by Gasteiger charge is 2.16. The first-order chi connectivity index (χ1) is 14.8. The van der Waals surface area contributed by atoms with Crippen molar-refractivity contribution in [1.29, 1.82) is 0 Å². The molecule has 1 N–H and O–H groups in total. The molecule has 4 aromatic rings. The maximum atomic E-state index is 10.5. The second-order valence-electron chi connectivity index (χ2n) is 7.18. The van der Waals surface area contributed by atoms with Crippen molar-refractivity contribution in [2.75, 3.05) is 13.2 Å². The van der Waals surface area contributed by atoms with Gasteiger partial charge >= 0.3 is 0 Å². The Balaban J connectivity index is 1.32. The van der Waals surface area contributed by atoms with Gasteiger partial charge in [-0.1, -0.05) is 42.5 Å². The number of aliphatic hydroxyl groups excluding tert-OH is 1. The Bertz CT molecular complexity index is 943. The zero-order valence-electron chi connectivity index (χ0n) is 16.7. The van der Waals surface area contributed by atoms with Gasteiger partial charge in [0.15, 0.2) is 0 Å². The van der Waals surface area contributed by atoms with Gasteiger partial charge in [-0.15, -0.1) is 0 Å². The van der Waals surface area contributed by atoms with Crippen molar-refractivity contribution in [3.8, 4) is 16.9 Å². The van der Waals surface area contributed by atoms with Crippen LogP contribution in [-0.4, -0.2) is 29.3 Å². The quantitative estimate of drug-likeness (QED) is 0.405. The molecule has 154 valence electrons. The Morgan fingerprint density at radius 1 is 0.733 bits per heavy atom. The van der Waals surface area contributed by atoms with E-state index < -0.39 is 6.10 Å². The van der Waals surface area contributed by atoms with Crippen LogP contribution in [-0.2, 0) is 13.1 Å². The predicted molar refractivity (Wildman–Crippen MR) is 115 cm³/mol. The van der Waals surface area contributed by atoms with E-state index in [1.807, 2.05) is 66.7 Å². The van der Waals surface area contributed by atoms with Crippen LogP contribution < -0.4 is 4.74 Å². The molecule has 2 aromatic heterocycles. The summed E-state index contributed by atoms with van der Waals surface area (Å²) in [7, 11) is 0. The number of hydrogen-bond donors (Lipinski definition) is 1. The van der Waals surface area contributed by atoms with E-state index in [0.717, 1.165) is 28.4 Å². The fourth-order valence-corrected chi connectivity index (χ4v) is 3.35. The number of nitrogens with zero attached hydrogens (tertiary/aromatic N) is 1. The summed E-state index contributed by atoms with van der Waals surface area (Å²) in [5.41, 5.74) is 2.29.